The predicted octanol–water partition coefficient (Wildman–Crippen LogP) is 1.42. The van der Waals surface area contributed by atoms with Crippen LogP contribution in [0.3, 0.4) is 0 Å². The smallest absolute Gasteiger partial charge is 0.162 e. The first-order valence-corrected chi connectivity index (χ1v) is 8.28. The summed E-state index contributed by atoms with van der Waals surface area (Å²) in [5.41, 5.74) is 0.693. The molecule has 0 bridgehead atoms. The first kappa shape index (κ1) is 14.4. The van der Waals surface area contributed by atoms with Gasteiger partial charge >= 0.3 is 0 Å². The highest BCUT2D eigenvalue weighted by Gasteiger charge is 2.22. The van der Waals surface area contributed by atoms with Gasteiger partial charge in [-0.15, -0.1) is 0 Å². The van der Waals surface area contributed by atoms with Crippen LogP contribution in [0.2, 0.25) is 5.02 Å². The molecule has 7 heteroatoms. The lowest BCUT2D eigenvalue weighted by Crippen LogP contribution is -2.25. The van der Waals surface area contributed by atoms with E-state index in [1.54, 1.807) is 19.2 Å². The lowest BCUT2D eigenvalue weighted by Gasteiger charge is -2.23. The number of hydrogen-bond acceptors (Lipinski definition) is 5. The molecule has 0 spiro atoms. The molecule has 1 aliphatic heterocycles. The zero-order valence-corrected chi connectivity index (χ0v) is 12.3. The lowest BCUT2D eigenvalue weighted by molar-refractivity contribution is 0.171. The highest BCUT2D eigenvalue weighted by molar-refractivity contribution is 7.90. The highest BCUT2D eigenvalue weighted by atomic mass is 35.5. The summed E-state index contributed by atoms with van der Waals surface area (Å²) < 4.78 is 33.8. The summed E-state index contributed by atoms with van der Waals surface area (Å²) in [7, 11) is -1.42. The molecule has 1 unspecified atom stereocenters. The van der Waals surface area contributed by atoms with Crippen molar-refractivity contribution in [3.05, 3.63) is 22.7 Å². The first-order chi connectivity index (χ1) is 8.90. The van der Waals surface area contributed by atoms with Crippen molar-refractivity contribution in [2.45, 2.75) is 6.04 Å². The Morgan fingerprint density at radius 3 is 2.42 bits per heavy atom. The molecule has 1 aliphatic rings. The predicted molar refractivity (Wildman–Crippen MR) is 74.0 cm³/mol. The van der Waals surface area contributed by atoms with E-state index in [1.807, 2.05) is 0 Å². The number of sulfone groups is 1. The van der Waals surface area contributed by atoms with Gasteiger partial charge in [0.05, 0.1) is 5.75 Å². The van der Waals surface area contributed by atoms with Crippen LogP contribution in [0.15, 0.2) is 12.1 Å². The molecule has 106 valence electrons. The van der Waals surface area contributed by atoms with E-state index in [0.717, 1.165) is 0 Å². The number of benzene rings is 1. The van der Waals surface area contributed by atoms with E-state index in [2.05, 4.69) is 5.32 Å². The Balaban J connectivity index is 2.37. The third-order valence-corrected chi connectivity index (χ3v) is 4.12. The van der Waals surface area contributed by atoms with Gasteiger partial charge in [0.15, 0.2) is 11.5 Å². The van der Waals surface area contributed by atoms with Crippen molar-refractivity contribution in [3.8, 4) is 11.5 Å². The topological polar surface area (TPSA) is 64.6 Å². The van der Waals surface area contributed by atoms with Crippen molar-refractivity contribution in [1.29, 1.82) is 0 Å². The fourth-order valence-corrected chi connectivity index (χ4v) is 3.22. The van der Waals surface area contributed by atoms with Crippen molar-refractivity contribution in [1.82, 2.24) is 5.32 Å². The Morgan fingerprint density at radius 1 is 1.32 bits per heavy atom. The summed E-state index contributed by atoms with van der Waals surface area (Å²) in [6, 6.07) is 3.03. The minimum Gasteiger partial charge on any atom is -0.486 e. The van der Waals surface area contributed by atoms with Crippen LogP contribution >= 0.6 is 11.6 Å². The summed E-state index contributed by atoms with van der Waals surface area (Å²) in [5, 5.41) is 3.43. The Morgan fingerprint density at radius 2 is 1.89 bits per heavy atom. The maximum absolute atomic E-state index is 11.4. The second kappa shape index (κ2) is 5.56. The third-order valence-electron chi connectivity index (χ3n) is 2.85. The molecule has 1 aromatic carbocycles. The molecule has 0 fully saturated rings. The maximum Gasteiger partial charge on any atom is 0.162 e. The second-order valence-electron chi connectivity index (χ2n) is 4.45. The lowest BCUT2D eigenvalue weighted by atomic mass is 10.1. The Bertz CT molecular complexity index is 573. The summed E-state index contributed by atoms with van der Waals surface area (Å²) >= 11 is 6.19. The normalized spacial score (nSPS) is 16.2. The fourth-order valence-electron chi connectivity index (χ4n) is 1.98. The molecule has 1 N–H and O–H groups in total. The van der Waals surface area contributed by atoms with Gasteiger partial charge in [0.25, 0.3) is 0 Å². The molecule has 1 heterocycles. The molecule has 0 aromatic heterocycles. The largest absolute Gasteiger partial charge is 0.486 e. The monoisotopic (exact) mass is 305 g/mol. The number of halogens is 1. The zero-order valence-electron chi connectivity index (χ0n) is 10.8. The molecule has 2 rings (SSSR count). The van der Waals surface area contributed by atoms with Crippen molar-refractivity contribution < 1.29 is 17.9 Å². The minimum absolute atomic E-state index is 0.0249. The van der Waals surface area contributed by atoms with Gasteiger partial charge in [-0.2, -0.15) is 0 Å². The van der Waals surface area contributed by atoms with Crippen molar-refractivity contribution in [3.63, 3.8) is 0 Å². The summed E-state index contributed by atoms with van der Waals surface area (Å²) in [6.45, 7) is 0.964. The Hall–Kier alpha value is -0.980. The van der Waals surface area contributed by atoms with Crippen LogP contribution in [0, 0.1) is 0 Å². The molecule has 1 aromatic rings. The molecule has 0 saturated heterocycles. The molecular weight excluding hydrogens is 290 g/mol. The van der Waals surface area contributed by atoms with Gasteiger partial charge in [-0.1, -0.05) is 11.6 Å². The van der Waals surface area contributed by atoms with E-state index in [4.69, 9.17) is 21.1 Å². The van der Waals surface area contributed by atoms with E-state index in [1.165, 1.54) is 6.26 Å². The van der Waals surface area contributed by atoms with Crippen LogP contribution in [-0.4, -0.2) is 40.7 Å². The van der Waals surface area contributed by atoms with Gasteiger partial charge in [-0.05, 0) is 18.7 Å². The maximum atomic E-state index is 11.4. The third kappa shape index (κ3) is 3.52. The van der Waals surface area contributed by atoms with Crippen molar-refractivity contribution in [2.75, 3.05) is 32.3 Å². The number of hydrogen-bond donors (Lipinski definition) is 1. The zero-order chi connectivity index (χ0) is 14.0. The number of fused-ring (bicyclic) bond motifs is 1. The standard InChI is InChI=1S/C12H16ClNO4S/c1-14-10(7-19(2,15)16)8-5-11-12(6-9(8)13)18-4-3-17-11/h5-6,10,14H,3-4,7H2,1-2H3. The minimum atomic E-state index is -3.11. The van der Waals surface area contributed by atoms with Gasteiger partial charge in [-0.25, -0.2) is 8.42 Å². The molecular formula is C12H16ClNO4S. The van der Waals surface area contributed by atoms with Crippen LogP contribution in [0.5, 0.6) is 11.5 Å². The van der Waals surface area contributed by atoms with E-state index in [-0.39, 0.29) is 11.8 Å². The summed E-state index contributed by atoms with van der Waals surface area (Å²) in [4.78, 5) is 0. The van der Waals surface area contributed by atoms with Gasteiger partial charge < -0.3 is 14.8 Å². The van der Waals surface area contributed by atoms with Crippen LogP contribution in [-0.2, 0) is 9.84 Å². The SMILES string of the molecule is CNC(CS(C)(=O)=O)c1cc2c(cc1Cl)OCCO2. The molecule has 0 radical (unpaired) electrons. The number of nitrogens with one attached hydrogen (secondary N) is 1. The summed E-state index contributed by atoms with van der Waals surface area (Å²) in [6.07, 6.45) is 1.20. The number of ether oxygens (including phenoxy) is 2. The van der Waals surface area contributed by atoms with E-state index in [9.17, 15) is 8.42 Å². The first-order valence-electron chi connectivity index (χ1n) is 5.85. The van der Waals surface area contributed by atoms with Gasteiger partial charge in [0, 0.05) is 23.4 Å². The molecule has 1 atom stereocenters. The van der Waals surface area contributed by atoms with Gasteiger partial charge in [0.1, 0.15) is 23.1 Å². The van der Waals surface area contributed by atoms with E-state index in [0.29, 0.717) is 35.3 Å². The van der Waals surface area contributed by atoms with Crippen molar-refractivity contribution >= 4 is 21.4 Å². The van der Waals surface area contributed by atoms with Crippen molar-refractivity contribution in [2.24, 2.45) is 0 Å². The molecule has 0 saturated carbocycles. The summed E-state index contributed by atoms with van der Waals surface area (Å²) in [5.74, 6) is 1.16. The second-order valence-corrected chi connectivity index (χ2v) is 7.04. The Kier molecular flexibility index (Phi) is 4.23. The van der Waals surface area contributed by atoms with E-state index >= 15 is 0 Å². The van der Waals surface area contributed by atoms with Gasteiger partial charge in [-0.3, -0.25) is 0 Å². The van der Waals surface area contributed by atoms with Crippen LogP contribution in [0.4, 0.5) is 0 Å². The quantitative estimate of drug-likeness (QED) is 0.911. The van der Waals surface area contributed by atoms with Crippen LogP contribution in [0.25, 0.3) is 0 Å². The highest BCUT2D eigenvalue weighted by Crippen LogP contribution is 2.37. The molecule has 0 amide bonds. The van der Waals surface area contributed by atoms with Gasteiger partial charge in [0.2, 0.25) is 0 Å². The Labute approximate surface area is 117 Å². The van der Waals surface area contributed by atoms with Crippen LogP contribution in [0.1, 0.15) is 11.6 Å². The average Bonchev–Trinajstić information content (AvgIpc) is 2.34. The fraction of sp³-hybridized carbons (Fsp3) is 0.500. The molecule has 0 aliphatic carbocycles. The number of rotatable bonds is 4. The molecule has 19 heavy (non-hydrogen) atoms. The molecule has 5 nitrogen and oxygen atoms in total. The average molecular weight is 306 g/mol. The van der Waals surface area contributed by atoms with E-state index < -0.39 is 9.84 Å². The van der Waals surface area contributed by atoms with Crippen LogP contribution < -0.4 is 14.8 Å².